The van der Waals surface area contributed by atoms with Gasteiger partial charge in [-0.2, -0.15) is 4.31 Å². The van der Waals surface area contributed by atoms with Crippen LogP contribution in [0.3, 0.4) is 0 Å². The SMILES string of the molecule is Nc1ncc(Cl)cc1S(=O)(=O)N1CC2(CCOCC2)[C@H]1c1ccccc1. The largest absolute Gasteiger partial charge is 0.383 e. The first-order chi connectivity index (χ1) is 12.4. The molecule has 0 bridgehead atoms. The minimum atomic E-state index is -3.81. The highest BCUT2D eigenvalue weighted by molar-refractivity contribution is 7.89. The third-order valence-corrected chi connectivity index (χ3v) is 7.42. The van der Waals surface area contributed by atoms with E-state index in [-0.39, 0.29) is 27.2 Å². The molecule has 2 aliphatic heterocycles. The number of aromatic nitrogens is 1. The third kappa shape index (κ3) is 2.79. The number of rotatable bonds is 3. The molecule has 138 valence electrons. The molecular formula is C18H20ClN3O3S. The summed E-state index contributed by atoms with van der Waals surface area (Å²) in [4.78, 5) is 3.87. The van der Waals surface area contributed by atoms with Crippen LogP contribution in [0.2, 0.25) is 5.02 Å². The van der Waals surface area contributed by atoms with Crippen LogP contribution < -0.4 is 5.73 Å². The lowest BCUT2D eigenvalue weighted by molar-refractivity contribution is -0.0952. The van der Waals surface area contributed by atoms with E-state index in [1.807, 2.05) is 30.3 Å². The van der Waals surface area contributed by atoms with E-state index in [4.69, 9.17) is 22.1 Å². The number of benzene rings is 1. The van der Waals surface area contributed by atoms with Crippen molar-refractivity contribution in [3.63, 3.8) is 0 Å². The summed E-state index contributed by atoms with van der Waals surface area (Å²) in [7, 11) is -3.81. The number of hydrogen-bond acceptors (Lipinski definition) is 5. The van der Waals surface area contributed by atoms with Gasteiger partial charge in [0.25, 0.3) is 0 Å². The molecule has 8 heteroatoms. The summed E-state index contributed by atoms with van der Waals surface area (Å²) in [5.74, 6) is -0.0332. The summed E-state index contributed by atoms with van der Waals surface area (Å²) >= 11 is 5.97. The van der Waals surface area contributed by atoms with Crippen LogP contribution in [0.25, 0.3) is 0 Å². The van der Waals surface area contributed by atoms with Gasteiger partial charge in [0.05, 0.1) is 11.1 Å². The Morgan fingerprint density at radius 1 is 1.23 bits per heavy atom. The molecule has 0 saturated carbocycles. The van der Waals surface area contributed by atoms with Crippen LogP contribution in [-0.4, -0.2) is 37.5 Å². The highest BCUT2D eigenvalue weighted by Crippen LogP contribution is 2.56. The highest BCUT2D eigenvalue weighted by Gasteiger charge is 2.58. The second-order valence-electron chi connectivity index (χ2n) is 6.88. The zero-order valence-corrected chi connectivity index (χ0v) is 15.7. The van der Waals surface area contributed by atoms with Crippen LogP contribution in [0.15, 0.2) is 47.5 Å². The van der Waals surface area contributed by atoms with Gasteiger partial charge in [-0.05, 0) is 24.5 Å². The quantitative estimate of drug-likeness (QED) is 0.866. The van der Waals surface area contributed by atoms with E-state index >= 15 is 0 Å². The molecule has 0 unspecified atom stereocenters. The van der Waals surface area contributed by atoms with Crippen LogP contribution in [-0.2, 0) is 14.8 Å². The molecule has 6 nitrogen and oxygen atoms in total. The molecular weight excluding hydrogens is 374 g/mol. The van der Waals surface area contributed by atoms with Gasteiger partial charge in [0.1, 0.15) is 10.7 Å². The fourth-order valence-corrected chi connectivity index (χ4v) is 6.15. The number of nitrogen functional groups attached to an aromatic ring is 1. The van der Waals surface area contributed by atoms with E-state index in [2.05, 4.69) is 4.98 Å². The standard InChI is InChI=1S/C18H20ClN3O3S/c19-14-10-15(17(20)21-11-14)26(23,24)22-12-18(6-8-25-9-7-18)16(22)13-4-2-1-3-5-13/h1-5,10-11,16H,6-9,12H2,(H2,20,21)/t16-/m1/s1. The molecule has 26 heavy (non-hydrogen) atoms. The predicted octanol–water partition coefficient (Wildman–Crippen LogP) is 2.86. The van der Waals surface area contributed by atoms with E-state index in [0.29, 0.717) is 19.8 Å². The molecule has 1 aromatic carbocycles. The van der Waals surface area contributed by atoms with Gasteiger partial charge in [0.15, 0.2) is 0 Å². The van der Waals surface area contributed by atoms with E-state index < -0.39 is 10.0 Å². The lowest BCUT2D eigenvalue weighted by Crippen LogP contribution is -2.62. The van der Waals surface area contributed by atoms with E-state index in [1.165, 1.54) is 16.6 Å². The summed E-state index contributed by atoms with van der Waals surface area (Å²) < 4.78 is 33.7. The Hall–Kier alpha value is -1.67. The van der Waals surface area contributed by atoms with Gasteiger partial charge < -0.3 is 10.5 Å². The molecule has 3 heterocycles. The molecule has 2 aromatic rings. The molecule has 0 amide bonds. The second kappa shape index (κ2) is 6.49. The Balaban J connectivity index is 1.77. The number of nitrogens with zero attached hydrogens (tertiary/aromatic N) is 2. The van der Waals surface area contributed by atoms with Crippen molar-refractivity contribution >= 4 is 27.4 Å². The monoisotopic (exact) mass is 393 g/mol. The highest BCUT2D eigenvalue weighted by atomic mass is 35.5. The van der Waals surface area contributed by atoms with Crippen molar-refractivity contribution in [3.05, 3.63) is 53.2 Å². The molecule has 4 rings (SSSR count). The Labute approximate surface area is 158 Å². The van der Waals surface area contributed by atoms with Crippen molar-refractivity contribution in [2.45, 2.75) is 23.8 Å². The molecule has 0 radical (unpaired) electrons. The molecule has 1 atom stereocenters. The molecule has 2 aliphatic rings. The van der Waals surface area contributed by atoms with Crippen molar-refractivity contribution in [2.75, 3.05) is 25.5 Å². The molecule has 0 aliphatic carbocycles. The van der Waals surface area contributed by atoms with Crippen LogP contribution in [0.4, 0.5) is 5.82 Å². The van der Waals surface area contributed by atoms with E-state index in [1.54, 1.807) is 0 Å². The van der Waals surface area contributed by atoms with Crippen LogP contribution in [0, 0.1) is 5.41 Å². The first kappa shape index (κ1) is 17.7. The fourth-order valence-electron chi connectivity index (χ4n) is 4.03. The topological polar surface area (TPSA) is 85.5 Å². The van der Waals surface area contributed by atoms with Gasteiger partial charge in [0.2, 0.25) is 10.0 Å². The maximum absolute atomic E-state index is 13.3. The van der Waals surface area contributed by atoms with Crippen LogP contribution in [0.5, 0.6) is 0 Å². The summed E-state index contributed by atoms with van der Waals surface area (Å²) in [6.07, 6.45) is 3.02. The summed E-state index contributed by atoms with van der Waals surface area (Å²) in [6, 6.07) is 10.9. The predicted molar refractivity (Wildman–Crippen MR) is 99.2 cm³/mol. The lowest BCUT2D eigenvalue weighted by Gasteiger charge is -2.58. The molecule has 1 spiro atoms. The fraction of sp³-hybridized carbons (Fsp3) is 0.389. The van der Waals surface area contributed by atoms with Crippen molar-refractivity contribution in [2.24, 2.45) is 5.41 Å². The first-order valence-electron chi connectivity index (χ1n) is 8.50. The van der Waals surface area contributed by atoms with Crippen molar-refractivity contribution in [1.82, 2.24) is 9.29 Å². The Kier molecular flexibility index (Phi) is 4.43. The number of nitrogens with two attached hydrogens (primary N) is 1. The van der Waals surface area contributed by atoms with Gasteiger partial charge in [-0.15, -0.1) is 0 Å². The van der Waals surface area contributed by atoms with Crippen molar-refractivity contribution < 1.29 is 13.2 Å². The molecule has 2 N–H and O–H groups in total. The van der Waals surface area contributed by atoms with Crippen molar-refractivity contribution in [1.29, 1.82) is 0 Å². The number of pyridine rings is 1. The zero-order valence-electron chi connectivity index (χ0n) is 14.1. The number of sulfonamides is 1. The van der Waals surface area contributed by atoms with Gasteiger partial charge in [0, 0.05) is 31.4 Å². The maximum atomic E-state index is 13.3. The van der Waals surface area contributed by atoms with Gasteiger partial charge in [-0.25, -0.2) is 13.4 Å². The number of hydrogen-bond donors (Lipinski definition) is 1. The minimum Gasteiger partial charge on any atom is -0.383 e. The summed E-state index contributed by atoms with van der Waals surface area (Å²) in [5, 5.41) is 0.246. The molecule has 2 fully saturated rings. The molecule has 2 saturated heterocycles. The molecule has 1 aromatic heterocycles. The summed E-state index contributed by atoms with van der Waals surface area (Å²) in [5.41, 5.74) is 6.73. The Morgan fingerprint density at radius 2 is 1.92 bits per heavy atom. The average Bonchev–Trinajstić information content (AvgIpc) is 2.63. The zero-order chi connectivity index (χ0) is 18.4. The minimum absolute atomic E-state index is 0.0332. The van der Waals surface area contributed by atoms with Crippen LogP contribution in [0.1, 0.15) is 24.4 Å². The van der Waals surface area contributed by atoms with E-state index in [9.17, 15) is 8.42 Å². The normalized spacial score (nSPS) is 22.9. The van der Waals surface area contributed by atoms with Crippen LogP contribution >= 0.6 is 11.6 Å². The van der Waals surface area contributed by atoms with Gasteiger partial charge >= 0.3 is 0 Å². The Bertz CT molecular complexity index is 915. The van der Waals surface area contributed by atoms with Crippen molar-refractivity contribution in [3.8, 4) is 0 Å². The number of ether oxygens (including phenoxy) is 1. The lowest BCUT2D eigenvalue weighted by atomic mass is 9.65. The Morgan fingerprint density at radius 3 is 2.62 bits per heavy atom. The first-order valence-corrected chi connectivity index (χ1v) is 10.3. The third-order valence-electron chi connectivity index (χ3n) is 5.38. The van der Waals surface area contributed by atoms with E-state index in [0.717, 1.165) is 18.4 Å². The maximum Gasteiger partial charge on any atom is 0.247 e. The average molecular weight is 394 g/mol. The smallest absolute Gasteiger partial charge is 0.247 e. The number of anilines is 1. The number of halogens is 1. The van der Waals surface area contributed by atoms with Gasteiger partial charge in [-0.1, -0.05) is 41.9 Å². The summed E-state index contributed by atoms with van der Waals surface area (Å²) in [6.45, 7) is 1.75. The second-order valence-corrected chi connectivity index (χ2v) is 9.17. The van der Waals surface area contributed by atoms with Gasteiger partial charge in [-0.3, -0.25) is 0 Å².